The molecule has 1 heterocycles. The lowest BCUT2D eigenvalue weighted by Crippen LogP contribution is -2.37. The molecule has 33 heavy (non-hydrogen) atoms. The summed E-state index contributed by atoms with van der Waals surface area (Å²) < 4.78 is 38.3. The van der Waals surface area contributed by atoms with E-state index in [1.165, 1.54) is 30.5 Å². The molecule has 0 saturated heterocycles. The van der Waals surface area contributed by atoms with Crippen molar-refractivity contribution in [1.82, 2.24) is 0 Å². The number of hydrogen-bond acceptors (Lipinski definition) is 5. The summed E-state index contributed by atoms with van der Waals surface area (Å²) in [6.07, 6.45) is 2.90. The maximum absolute atomic E-state index is 13.4. The molecule has 3 aromatic rings. The van der Waals surface area contributed by atoms with Gasteiger partial charge < -0.3 is 9.15 Å². The first-order valence-corrected chi connectivity index (χ1v) is 12.3. The number of nitrogens with zero attached hydrogens (tertiary/aromatic N) is 1. The highest BCUT2D eigenvalue weighted by Crippen LogP contribution is 2.33. The van der Waals surface area contributed by atoms with Gasteiger partial charge in [0.2, 0.25) is 0 Å². The molecule has 6 nitrogen and oxygen atoms in total. The summed E-state index contributed by atoms with van der Waals surface area (Å²) in [5.74, 6) is -0.214. The number of rotatable bonds is 7. The van der Waals surface area contributed by atoms with E-state index in [1.807, 2.05) is 6.92 Å². The Morgan fingerprint density at radius 3 is 2.36 bits per heavy atom. The molecule has 0 aliphatic carbocycles. The Kier molecular flexibility index (Phi) is 7.37. The van der Waals surface area contributed by atoms with Crippen LogP contribution in [0.15, 0.2) is 46.9 Å². The Bertz CT molecular complexity index is 1190. The van der Waals surface area contributed by atoms with E-state index in [4.69, 9.17) is 9.15 Å². The van der Waals surface area contributed by atoms with E-state index in [0.717, 1.165) is 17.1 Å². The third-order valence-corrected chi connectivity index (χ3v) is 5.76. The maximum Gasteiger partial charge on any atom is 0.427 e. The number of furan rings is 1. The number of carbonyl (C=O) groups is 2. The molecule has 176 valence electrons. The molecule has 0 fully saturated rings. The minimum absolute atomic E-state index is 0.307. The molecule has 0 saturated carbocycles. The first kappa shape index (κ1) is 24.6. The van der Waals surface area contributed by atoms with Gasteiger partial charge in [0.25, 0.3) is 0 Å². The molecule has 0 spiro atoms. The van der Waals surface area contributed by atoms with E-state index in [1.54, 1.807) is 39.0 Å². The molecule has 0 aliphatic heterocycles. The smallest absolute Gasteiger partial charge is 0.427 e. The van der Waals surface area contributed by atoms with Crippen LogP contribution in [-0.4, -0.2) is 27.9 Å². The zero-order valence-corrected chi connectivity index (χ0v) is 20.3. The highest BCUT2D eigenvalue weighted by atomic mass is 32.2. The molecule has 8 heteroatoms. The predicted molar refractivity (Wildman–Crippen MR) is 127 cm³/mol. The summed E-state index contributed by atoms with van der Waals surface area (Å²) >= 11 is 0. The van der Waals surface area contributed by atoms with Crippen LogP contribution in [-0.2, 0) is 22.1 Å². The van der Waals surface area contributed by atoms with Crippen LogP contribution in [0.5, 0.6) is 0 Å². The molecule has 3 rings (SSSR count). The van der Waals surface area contributed by atoms with Gasteiger partial charge in [0.05, 0.1) is 11.3 Å². The number of fused-ring (bicyclic) bond motifs is 1. The van der Waals surface area contributed by atoms with Gasteiger partial charge in [0.15, 0.2) is 5.78 Å². The fourth-order valence-electron chi connectivity index (χ4n) is 3.43. The van der Waals surface area contributed by atoms with E-state index >= 15 is 0 Å². The van der Waals surface area contributed by atoms with Crippen molar-refractivity contribution in [2.75, 3.05) is 10.6 Å². The summed E-state index contributed by atoms with van der Waals surface area (Å²) in [5.41, 5.74) is 0.698. The van der Waals surface area contributed by atoms with Crippen molar-refractivity contribution in [3.63, 3.8) is 0 Å². The van der Waals surface area contributed by atoms with Gasteiger partial charge in [0, 0.05) is 23.6 Å². The fourth-order valence-corrected chi connectivity index (χ4v) is 4.09. The number of ether oxygens (including phenoxy) is 1. The molecule has 1 aromatic heterocycles. The van der Waals surface area contributed by atoms with Crippen LogP contribution in [0.25, 0.3) is 11.0 Å². The largest absolute Gasteiger partial charge is 0.460 e. The average molecular weight is 474 g/mol. The van der Waals surface area contributed by atoms with Crippen LogP contribution in [0.4, 0.5) is 14.9 Å². The van der Waals surface area contributed by atoms with Gasteiger partial charge in [-0.05, 0) is 69.7 Å². The van der Waals surface area contributed by atoms with Crippen molar-refractivity contribution in [1.29, 1.82) is 0 Å². The summed E-state index contributed by atoms with van der Waals surface area (Å²) in [4.78, 5) is 26.1. The number of amides is 1. The fraction of sp³-hybridized carbons (Fsp3) is 0.360. The van der Waals surface area contributed by atoms with Crippen LogP contribution in [0.3, 0.4) is 0 Å². The van der Waals surface area contributed by atoms with Gasteiger partial charge in [0.1, 0.15) is 33.7 Å². The van der Waals surface area contributed by atoms with E-state index in [-0.39, 0.29) is 5.78 Å². The van der Waals surface area contributed by atoms with Crippen LogP contribution in [0.1, 0.15) is 62.2 Å². The highest BCUT2D eigenvalue weighted by Gasteiger charge is 2.28. The topological polar surface area (TPSA) is 76.8 Å². The molecule has 0 bridgehead atoms. The number of carbonyl (C=O) groups excluding carboxylic acids is 2. The first-order valence-electron chi connectivity index (χ1n) is 10.7. The second kappa shape index (κ2) is 9.87. The van der Waals surface area contributed by atoms with Crippen LogP contribution < -0.4 is 4.31 Å². The Morgan fingerprint density at radius 2 is 1.79 bits per heavy atom. The van der Waals surface area contributed by atoms with Gasteiger partial charge >= 0.3 is 6.09 Å². The van der Waals surface area contributed by atoms with E-state index in [0.29, 0.717) is 40.0 Å². The van der Waals surface area contributed by atoms with Crippen LogP contribution in [0, 0.1) is 5.82 Å². The number of anilines is 1. The van der Waals surface area contributed by atoms with Gasteiger partial charge in [-0.1, -0.05) is 13.3 Å². The summed E-state index contributed by atoms with van der Waals surface area (Å²) in [7, 11) is -1.71. The summed E-state index contributed by atoms with van der Waals surface area (Å²) in [5, 5.41) is 0.493. The number of aryl methyl sites for hydroxylation is 1. The Morgan fingerprint density at radius 1 is 1.12 bits per heavy atom. The number of benzene rings is 2. The summed E-state index contributed by atoms with van der Waals surface area (Å²) in [6, 6.07) is 10.2. The Labute approximate surface area is 195 Å². The molecule has 1 atom stereocenters. The van der Waals surface area contributed by atoms with Gasteiger partial charge in [-0.3, -0.25) is 4.79 Å². The zero-order chi connectivity index (χ0) is 24.3. The minimum Gasteiger partial charge on any atom is -0.460 e. The maximum atomic E-state index is 13.4. The first-order chi connectivity index (χ1) is 15.5. The van der Waals surface area contributed by atoms with Crippen LogP contribution >= 0.6 is 0 Å². The Hall–Kier alpha value is -3.00. The predicted octanol–water partition coefficient (Wildman–Crippen LogP) is 6.18. The average Bonchev–Trinajstić information content (AvgIpc) is 3.08. The standard InChI is InChI=1S/C25H28FNO5S/c1-6-7-8-21-22(23(28)16-9-11-17(26)12-10-16)19-15-18(13-14-20(19)31-21)27(33(5)30)24(29)32-25(2,3)4/h9-15H,6-8H2,1-5H3. The molecular weight excluding hydrogens is 445 g/mol. The van der Waals surface area contributed by atoms with Crippen molar-refractivity contribution >= 4 is 39.5 Å². The quantitative estimate of drug-likeness (QED) is 0.383. The SMILES string of the molecule is CCCCc1oc2ccc(N(C(=O)OC(C)(C)C)S(C)=O)cc2c1C(=O)c1ccc(F)cc1. The number of unbranched alkanes of at least 4 members (excludes halogenated alkanes) is 1. The molecular formula is C25H28FNO5S. The molecule has 2 aromatic carbocycles. The highest BCUT2D eigenvalue weighted by molar-refractivity contribution is 7.86. The van der Waals surface area contributed by atoms with Crippen molar-refractivity contribution in [3.8, 4) is 0 Å². The number of ketones is 1. The van der Waals surface area contributed by atoms with Crippen molar-refractivity contribution in [2.24, 2.45) is 0 Å². The molecule has 0 radical (unpaired) electrons. The second-order valence-electron chi connectivity index (χ2n) is 8.72. The summed E-state index contributed by atoms with van der Waals surface area (Å²) in [6.45, 7) is 7.21. The molecule has 0 aliphatic rings. The lowest BCUT2D eigenvalue weighted by atomic mass is 9.98. The van der Waals surface area contributed by atoms with Crippen LogP contribution in [0.2, 0.25) is 0 Å². The van der Waals surface area contributed by atoms with Crippen molar-refractivity contribution in [2.45, 2.75) is 52.6 Å². The number of hydrogen-bond donors (Lipinski definition) is 0. The van der Waals surface area contributed by atoms with E-state index in [9.17, 15) is 18.2 Å². The second-order valence-corrected chi connectivity index (χ2v) is 9.93. The lowest BCUT2D eigenvalue weighted by Gasteiger charge is -2.25. The van der Waals surface area contributed by atoms with Gasteiger partial charge in [-0.15, -0.1) is 0 Å². The third kappa shape index (κ3) is 5.68. The van der Waals surface area contributed by atoms with Crippen molar-refractivity contribution in [3.05, 3.63) is 65.2 Å². The molecule has 1 unspecified atom stereocenters. The van der Waals surface area contributed by atoms with Gasteiger partial charge in [-0.25, -0.2) is 13.4 Å². The lowest BCUT2D eigenvalue weighted by molar-refractivity contribution is 0.0610. The van der Waals surface area contributed by atoms with E-state index < -0.39 is 28.5 Å². The minimum atomic E-state index is -1.71. The Balaban J connectivity index is 2.14. The number of halogens is 1. The zero-order valence-electron chi connectivity index (χ0n) is 19.4. The van der Waals surface area contributed by atoms with E-state index in [2.05, 4.69) is 0 Å². The molecule has 1 amide bonds. The van der Waals surface area contributed by atoms with Crippen molar-refractivity contribution < 1.29 is 27.3 Å². The normalized spacial score (nSPS) is 12.5. The molecule has 0 N–H and O–H groups in total. The van der Waals surface area contributed by atoms with Gasteiger partial charge in [-0.2, -0.15) is 4.31 Å². The monoisotopic (exact) mass is 473 g/mol. The third-order valence-electron chi connectivity index (χ3n) is 4.89.